The fourth-order valence-electron chi connectivity index (χ4n) is 5.60. The number of nitrogens with one attached hydrogen (secondary N) is 1. The molecule has 0 spiro atoms. The van der Waals surface area contributed by atoms with Crippen molar-refractivity contribution < 1.29 is 8.78 Å². The molecule has 4 heteroatoms. The van der Waals surface area contributed by atoms with Crippen molar-refractivity contribution in [2.75, 3.05) is 10.2 Å². The molecule has 0 saturated heterocycles. The van der Waals surface area contributed by atoms with Crippen LogP contribution in [0.4, 0.5) is 31.5 Å². The summed E-state index contributed by atoms with van der Waals surface area (Å²) in [5.74, 6) is -0.314. The maximum absolute atomic E-state index is 16.0. The molecule has 5 aromatic carbocycles. The second-order valence-corrected chi connectivity index (χ2v) is 10.7. The fraction of sp³-hybridized carbons (Fsp3) is 0.0769. The van der Waals surface area contributed by atoms with Crippen molar-refractivity contribution >= 4 is 28.8 Å². The molecule has 1 N–H and O–H groups in total. The maximum Gasteiger partial charge on any atom is 0.160 e. The Hall–Kier alpha value is -5.22. The maximum atomic E-state index is 16.0. The zero-order chi connectivity index (χ0) is 29.8. The third kappa shape index (κ3) is 5.91. The van der Waals surface area contributed by atoms with Crippen molar-refractivity contribution in [1.29, 1.82) is 0 Å². The first-order valence-corrected chi connectivity index (χ1v) is 14.3. The molecule has 1 unspecified atom stereocenters. The lowest BCUT2D eigenvalue weighted by Gasteiger charge is -2.28. The molecule has 0 saturated carbocycles. The zero-order valence-corrected chi connectivity index (χ0v) is 24.0. The molecule has 0 fully saturated rings. The summed E-state index contributed by atoms with van der Waals surface area (Å²) in [6.45, 7) is 5.64. The molecule has 1 aliphatic carbocycles. The second-order valence-electron chi connectivity index (χ2n) is 10.7. The summed E-state index contributed by atoms with van der Waals surface area (Å²) in [6.07, 6.45) is 7.12. The van der Waals surface area contributed by atoms with Crippen molar-refractivity contribution in [3.63, 3.8) is 0 Å². The summed E-state index contributed by atoms with van der Waals surface area (Å²) in [7, 11) is 0. The van der Waals surface area contributed by atoms with Gasteiger partial charge in [0.25, 0.3) is 0 Å². The van der Waals surface area contributed by atoms with Crippen LogP contribution < -0.4 is 10.2 Å². The van der Waals surface area contributed by atoms with Crippen molar-refractivity contribution in [3.8, 4) is 11.1 Å². The van der Waals surface area contributed by atoms with Crippen LogP contribution >= 0.6 is 0 Å². The Morgan fingerprint density at radius 2 is 1.40 bits per heavy atom. The predicted molar refractivity (Wildman–Crippen MR) is 176 cm³/mol. The lowest BCUT2D eigenvalue weighted by Crippen LogP contribution is -2.23. The van der Waals surface area contributed by atoms with Crippen LogP contribution in [-0.4, -0.2) is 0 Å². The molecule has 2 nitrogen and oxygen atoms in total. The van der Waals surface area contributed by atoms with Gasteiger partial charge in [-0.15, -0.1) is 0 Å². The van der Waals surface area contributed by atoms with Gasteiger partial charge in [0.05, 0.1) is 0 Å². The van der Waals surface area contributed by atoms with Gasteiger partial charge in [0.1, 0.15) is 5.82 Å². The Kier molecular flexibility index (Phi) is 7.76. The summed E-state index contributed by atoms with van der Waals surface area (Å²) < 4.78 is 30.7. The highest BCUT2D eigenvalue weighted by Crippen LogP contribution is 2.39. The van der Waals surface area contributed by atoms with E-state index in [0.717, 1.165) is 45.1 Å². The van der Waals surface area contributed by atoms with Crippen molar-refractivity contribution in [2.45, 2.75) is 19.0 Å². The fourth-order valence-corrected chi connectivity index (χ4v) is 5.60. The van der Waals surface area contributed by atoms with Crippen LogP contribution in [0.15, 0.2) is 152 Å². The normalized spacial score (nSPS) is 15.9. The average Bonchev–Trinajstić information content (AvgIpc) is 3.03. The van der Waals surface area contributed by atoms with E-state index in [4.69, 9.17) is 0 Å². The van der Waals surface area contributed by atoms with Crippen LogP contribution in [0.2, 0.25) is 0 Å². The first-order valence-electron chi connectivity index (χ1n) is 14.3. The lowest BCUT2D eigenvalue weighted by atomic mass is 9.85. The smallest absolute Gasteiger partial charge is 0.160 e. The van der Waals surface area contributed by atoms with Gasteiger partial charge in [-0.05, 0) is 95.9 Å². The number of hydrogen-bond donors (Lipinski definition) is 1. The molecule has 0 heterocycles. The van der Waals surface area contributed by atoms with E-state index in [1.54, 1.807) is 18.2 Å². The van der Waals surface area contributed by atoms with E-state index < -0.39 is 5.67 Å². The second kappa shape index (κ2) is 11.9. The van der Waals surface area contributed by atoms with E-state index in [1.807, 2.05) is 103 Å². The van der Waals surface area contributed by atoms with Crippen LogP contribution in [0.5, 0.6) is 0 Å². The number of nitrogens with zero attached hydrogens (tertiary/aromatic N) is 1. The summed E-state index contributed by atoms with van der Waals surface area (Å²) >= 11 is 0. The van der Waals surface area contributed by atoms with Gasteiger partial charge in [-0.1, -0.05) is 85.5 Å². The molecular weight excluding hydrogens is 534 g/mol. The Morgan fingerprint density at radius 1 is 0.767 bits per heavy atom. The lowest BCUT2D eigenvalue weighted by molar-refractivity contribution is 0.230. The minimum Gasteiger partial charge on any atom is -0.359 e. The van der Waals surface area contributed by atoms with Gasteiger partial charge >= 0.3 is 0 Å². The van der Waals surface area contributed by atoms with Gasteiger partial charge in [-0.25, -0.2) is 8.78 Å². The molecule has 1 atom stereocenters. The zero-order valence-electron chi connectivity index (χ0n) is 24.0. The van der Waals surface area contributed by atoms with Crippen LogP contribution in [0.3, 0.4) is 0 Å². The highest BCUT2D eigenvalue weighted by molar-refractivity contribution is 5.79. The molecule has 212 valence electrons. The molecule has 6 rings (SSSR count). The Balaban J connectivity index is 1.20. The van der Waals surface area contributed by atoms with Crippen LogP contribution in [0.1, 0.15) is 23.1 Å². The number of rotatable bonds is 8. The quantitative estimate of drug-likeness (QED) is 0.201. The Labute approximate surface area is 252 Å². The molecule has 0 amide bonds. The van der Waals surface area contributed by atoms with E-state index in [-0.39, 0.29) is 12.2 Å². The third-order valence-electron chi connectivity index (χ3n) is 7.82. The van der Waals surface area contributed by atoms with Crippen LogP contribution in [0.25, 0.3) is 17.2 Å². The number of para-hydroxylation sites is 1. The van der Waals surface area contributed by atoms with Gasteiger partial charge in [-0.3, -0.25) is 0 Å². The number of aryl methyl sites for hydroxylation is 1. The summed E-state index contributed by atoms with van der Waals surface area (Å²) in [5, 5.41) is 3.40. The molecular formula is C39H32F2N2. The molecule has 43 heavy (non-hydrogen) atoms. The van der Waals surface area contributed by atoms with Gasteiger partial charge < -0.3 is 10.2 Å². The van der Waals surface area contributed by atoms with Gasteiger partial charge in [0.15, 0.2) is 5.67 Å². The van der Waals surface area contributed by atoms with Crippen molar-refractivity contribution in [2.24, 2.45) is 0 Å². The highest BCUT2D eigenvalue weighted by Gasteiger charge is 2.33. The summed E-state index contributed by atoms with van der Waals surface area (Å²) in [6, 6.07) is 39.1. The number of benzene rings is 5. The minimum atomic E-state index is -1.54. The molecule has 1 aliphatic rings. The predicted octanol–water partition coefficient (Wildman–Crippen LogP) is 11.0. The molecule has 0 aliphatic heterocycles. The van der Waals surface area contributed by atoms with Crippen LogP contribution in [0, 0.1) is 12.7 Å². The molecule has 0 bridgehead atoms. The van der Waals surface area contributed by atoms with E-state index >= 15 is 4.39 Å². The number of allylic oxidation sites excluding steroid dienone is 4. The minimum absolute atomic E-state index is 0.246. The van der Waals surface area contributed by atoms with Gasteiger partial charge in [0, 0.05) is 40.4 Å². The summed E-state index contributed by atoms with van der Waals surface area (Å²) in [5.41, 5.74) is 6.97. The van der Waals surface area contributed by atoms with Crippen molar-refractivity contribution in [1.82, 2.24) is 0 Å². The molecule has 0 aromatic heterocycles. The van der Waals surface area contributed by atoms with Gasteiger partial charge in [0.2, 0.25) is 0 Å². The van der Waals surface area contributed by atoms with E-state index in [0.29, 0.717) is 11.1 Å². The Morgan fingerprint density at radius 3 is 2.07 bits per heavy atom. The SMILES string of the molecule is C=Cc1ccc(N(c2ccccc2)c2ccc(-c3ccc(NC4=CC=CC(F)(c5ccccc5C)C4)cc3)cc2)cc1F. The number of anilines is 4. The van der Waals surface area contributed by atoms with E-state index in [9.17, 15) is 4.39 Å². The average molecular weight is 567 g/mol. The Bertz CT molecular complexity index is 1810. The molecule has 0 radical (unpaired) electrons. The van der Waals surface area contributed by atoms with E-state index in [2.05, 4.69) is 36.2 Å². The highest BCUT2D eigenvalue weighted by atomic mass is 19.1. The van der Waals surface area contributed by atoms with Crippen molar-refractivity contribution in [3.05, 3.63) is 174 Å². The first-order chi connectivity index (χ1) is 20.9. The molecule has 5 aromatic rings. The topological polar surface area (TPSA) is 15.3 Å². The largest absolute Gasteiger partial charge is 0.359 e. The standard InChI is InChI=1S/C39H32F2N2/c1-3-29-17-24-36(26-38(29)40)43(34-12-5-4-6-13-34)35-22-18-31(19-23-35)30-15-20-32(21-16-30)42-33-11-9-25-39(41,27-33)37-14-8-7-10-28(37)2/h3-26,42H,1,27H2,2H3. The number of hydrogen-bond acceptors (Lipinski definition) is 2. The number of halogens is 2. The third-order valence-corrected chi connectivity index (χ3v) is 7.82. The first kappa shape index (κ1) is 27.9. The summed E-state index contributed by atoms with van der Waals surface area (Å²) in [4.78, 5) is 2.03. The van der Waals surface area contributed by atoms with Crippen LogP contribution in [-0.2, 0) is 5.67 Å². The monoisotopic (exact) mass is 566 g/mol. The van der Waals surface area contributed by atoms with Gasteiger partial charge in [-0.2, -0.15) is 0 Å². The number of alkyl halides is 1. The van der Waals surface area contributed by atoms with E-state index in [1.165, 1.54) is 12.1 Å².